The fourth-order valence-electron chi connectivity index (χ4n) is 4.75. The van der Waals surface area contributed by atoms with E-state index in [9.17, 15) is 22.0 Å². The number of nitrogens with one attached hydrogen (secondary N) is 1. The topological polar surface area (TPSA) is 101 Å². The van der Waals surface area contributed by atoms with Gasteiger partial charge in [0.05, 0.1) is 6.61 Å². The van der Waals surface area contributed by atoms with Crippen molar-refractivity contribution < 1.29 is 31.5 Å². The first-order valence-electron chi connectivity index (χ1n) is 11.3. The number of epoxide rings is 1. The Kier molecular flexibility index (Phi) is 6.87. The first kappa shape index (κ1) is 25.5. The smallest absolute Gasteiger partial charge is 0.388 e. The molecular weight excluding hydrogens is 480 g/mol. The molecule has 3 heterocycles. The Labute approximate surface area is 203 Å². The molecule has 1 amide bonds. The van der Waals surface area contributed by atoms with Crippen LogP contribution in [0.25, 0.3) is 0 Å². The second kappa shape index (κ2) is 9.44. The number of halogens is 2. The number of carbonyl (C=O) groups excluding carboxylic acids is 1. The molecule has 1 aromatic carbocycles. The standard InChI is InChI=1S/C24H29F2N3O5S/c1-14(2)16-7-5-6-8-17(16)24(12-29(13-24)21(19-11-33-19)35(4,31)32)22(30)28-18-10-9-15(3)27-20(18)34-23(25)26/h5-10,14,19,21,23H,11-13H2,1-4H3,(H,28,30). The normalized spacial score (nSPS) is 20.4. The molecule has 35 heavy (non-hydrogen) atoms. The Hall–Kier alpha value is -2.63. The maximum absolute atomic E-state index is 13.8. The molecule has 190 valence electrons. The molecule has 2 aliphatic heterocycles. The second-order valence-electron chi connectivity index (χ2n) is 9.46. The van der Waals surface area contributed by atoms with Gasteiger partial charge < -0.3 is 14.8 Å². The van der Waals surface area contributed by atoms with Gasteiger partial charge in [-0.3, -0.25) is 9.69 Å². The van der Waals surface area contributed by atoms with Gasteiger partial charge in [0.2, 0.25) is 11.8 Å². The summed E-state index contributed by atoms with van der Waals surface area (Å²) in [6, 6.07) is 10.6. The van der Waals surface area contributed by atoms with Crippen LogP contribution in [0.5, 0.6) is 5.88 Å². The van der Waals surface area contributed by atoms with Crippen LogP contribution in [0.15, 0.2) is 36.4 Å². The summed E-state index contributed by atoms with van der Waals surface area (Å²) in [5.41, 5.74) is 1.09. The Morgan fingerprint density at radius 1 is 1.23 bits per heavy atom. The number of nitrogens with zero attached hydrogens (tertiary/aromatic N) is 2. The molecule has 2 fully saturated rings. The largest absolute Gasteiger partial charge is 0.415 e. The van der Waals surface area contributed by atoms with E-state index in [4.69, 9.17) is 4.74 Å². The van der Waals surface area contributed by atoms with Crippen molar-refractivity contribution in [2.75, 3.05) is 31.3 Å². The molecule has 0 spiro atoms. The van der Waals surface area contributed by atoms with Crippen molar-refractivity contribution in [2.24, 2.45) is 0 Å². The van der Waals surface area contributed by atoms with Crippen LogP contribution < -0.4 is 10.1 Å². The molecule has 2 saturated heterocycles. The molecule has 8 nitrogen and oxygen atoms in total. The van der Waals surface area contributed by atoms with E-state index in [2.05, 4.69) is 15.0 Å². The van der Waals surface area contributed by atoms with E-state index in [0.29, 0.717) is 12.3 Å². The summed E-state index contributed by atoms with van der Waals surface area (Å²) < 4.78 is 60.8. The third kappa shape index (κ3) is 5.17. The van der Waals surface area contributed by atoms with Crippen molar-refractivity contribution in [2.45, 2.75) is 50.2 Å². The van der Waals surface area contributed by atoms with Crippen molar-refractivity contribution in [1.82, 2.24) is 9.88 Å². The lowest BCUT2D eigenvalue weighted by atomic mass is 9.69. The Balaban J connectivity index is 1.71. The Bertz CT molecular complexity index is 1210. The SMILES string of the molecule is Cc1ccc(NC(=O)C2(c3ccccc3C(C)C)CN(C(C3CO3)S(C)(=O)=O)C2)c(OC(F)F)n1. The summed E-state index contributed by atoms with van der Waals surface area (Å²) in [6.07, 6.45) is 0.728. The van der Waals surface area contributed by atoms with Gasteiger partial charge in [0.15, 0.2) is 9.84 Å². The molecule has 2 aliphatic rings. The molecule has 2 aromatic rings. The van der Waals surface area contributed by atoms with E-state index in [0.717, 1.165) is 17.4 Å². The molecule has 0 saturated carbocycles. The number of carbonyl (C=O) groups is 1. The van der Waals surface area contributed by atoms with Crippen LogP contribution in [-0.4, -0.2) is 68.3 Å². The van der Waals surface area contributed by atoms with E-state index in [1.807, 2.05) is 38.1 Å². The number of alkyl halides is 2. The number of sulfone groups is 1. The average Bonchev–Trinajstić information content (AvgIpc) is 3.55. The maximum Gasteiger partial charge on any atom is 0.388 e. The van der Waals surface area contributed by atoms with Crippen LogP contribution in [0.3, 0.4) is 0 Å². The number of ether oxygens (including phenoxy) is 2. The number of aryl methyl sites for hydroxylation is 1. The van der Waals surface area contributed by atoms with Gasteiger partial charge in [-0.05, 0) is 36.1 Å². The van der Waals surface area contributed by atoms with Gasteiger partial charge in [-0.2, -0.15) is 8.78 Å². The van der Waals surface area contributed by atoms with Crippen LogP contribution >= 0.6 is 0 Å². The maximum atomic E-state index is 13.8. The van der Waals surface area contributed by atoms with Gasteiger partial charge >= 0.3 is 6.61 Å². The average molecular weight is 510 g/mol. The minimum atomic E-state index is -3.47. The van der Waals surface area contributed by atoms with E-state index in [-0.39, 0.29) is 30.6 Å². The molecule has 0 bridgehead atoms. The molecule has 11 heteroatoms. The van der Waals surface area contributed by atoms with E-state index < -0.39 is 39.2 Å². The van der Waals surface area contributed by atoms with Crippen molar-refractivity contribution in [3.05, 3.63) is 53.2 Å². The van der Waals surface area contributed by atoms with Crippen LogP contribution in [0, 0.1) is 6.92 Å². The van der Waals surface area contributed by atoms with Gasteiger partial charge in [0.25, 0.3) is 0 Å². The lowest BCUT2D eigenvalue weighted by Gasteiger charge is -2.52. The molecule has 0 aliphatic carbocycles. The van der Waals surface area contributed by atoms with E-state index in [1.54, 1.807) is 17.9 Å². The zero-order valence-corrected chi connectivity index (χ0v) is 20.8. The van der Waals surface area contributed by atoms with Crippen molar-refractivity contribution in [3.8, 4) is 5.88 Å². The number of anilines is 1. The van der Waals surface area contributed by atoms with Gasteiger partial charge in [0, 0.05) is 25.0 Å². The first-order chi connectivity index (χ1) is 16.4. The summed E-state index contributed by atoms with van der Waals surface area (Å²) >= 11 is 0. The minimum absolute atomic E-state index is 0.0194. The highest BCUT2D eigenvalue weighted by atomic mass is 32.2. The highest BCUT2D eigenvalue weighted by Crippen LogP contribution is 2.43. The third-order valence-corrected chi connectivity index (χ3v) is 7.88. The monoisotopic (exact) mass is 509 g/mol. The number of hydrogen-bond acceptors (Lipinski definition) is 7. The third-order valence-electron chi connectivity index (χ3n) is 6.40. The summed E-state index contributed by atoms with van der Waals surface area (Å²) in [7, 11) is -3.47. The number of likely N-dealkylation sites (tertiary alicyclic amines) is 1. The highest BCUT2D eigenvalue weighted by Gasteiger charge is 2.58. The lowest BCUT2D eigenvalue weighted by molar-refractivity contribution is -0.129. The fourth-order valence-corrected chi connectivity index (χ4v) is 6.14. The molecular formula is C24H29F2N3O5S. The van der Waals surface area contributed by atoms with Gasteiger partial charge in [-0.25, -0.2) is 13.4 Å². The molecule has 1 aromatic heterocycles. The van der Waals surface area contributed by atoms with Crippen molar-refractivity contribution in [1.29, 1.82) is 0 Å². The van der Waals surface area contributed by atoms with E-state index >= 15 is 0 Å². The van der Waals surface area contributed by atoms with Crippen LogP contribution in [0.2, 0.25) is 0 Å². The summed E-state index contributed by atoms with van der Waals surface area (Å²) in [6.45, 7) is 3.14. The summed E-state index contributed by atoms with van der Waals surface area (Å²) in [5.74, 6) is -0.728. The number of amides is 1. The van der Waals surface area contributed by atoms with Gasteiger partial charge in [-0.15, -0.1) is 0 Å². The molecule has 0 radical (unpaired) electrons. The van der Waals surface area contributed by atoms with Crippen LogP contribution in [0.4, 0.5) is 14.5 Å². The van der Waals surface area contributed by atoms with Crippen LogP contribution in [-0.2, 0) is 24.8 Å². The van der Waals surface area contributed by atoms with Gasteiger partial charge in [-0.1, -0.05) is 38.1 Å². The van der Waals surface area contributed by atoms with Gasteiger partial charge in [0.1, 0.15) is 22.6 Å². The van der Waals surface area contributed by atoms with Crippen molar-refractivity contribution in [3.63, 3.8) is 0 Å². The predicted molar refractivity (Wildman–Crippen MR) is 126 cm³/mol. The quantitative estimate of drug-likeness (QED) is 0.519. The summed E-state index contributed by atoms with van der Waals surface area (Å²) in [5, 5.41) is 1.87. The molecule has 4 rings (SSSR count). The van der Waals surface area contributed by atoms with Crippen LogP contribution in [0.1, 0.15) is 36.6 Å². The number of rotatable bonds is 9. The highest BCUT2D eigenvalue weighted by molar-refractivity contribution is 7.91. The number of benzene rings is 1. The predicted octanol–water partition coefficient (Wildman–Crippen LogP) is 3.08. The molecule has 2 atom stereocenters. The Morgan fingerprint density at radius 2 is 1.89 bits per heavy atom. The van der Waals surface area contributed by atoms with Crippen molar-refractivity contribution >= 4 is 21.4 Å². The molecule has 2 unspecified atom stereocenters. The lowest BCUT2D eigenvalue weighted by Crippen LogP contribution is -2.69. The van der Waals surface area contributed by atoms with E-state index in [1.165, 1.54) is 6.07 Å². The number of hydrogen-bond donors (Lipinski definition) is 1. The number of aromatic nitrogens is 1. The minimum Gasteiger partial charge on any atom is -0.415 e. The number of pyridine rings is 1. The Morgan fingerprint density at radius 3 is 2.46 bits per heavy atom. The fraction of sp³-hybridized carbons (Fsp3) is 0.500. The zero-order chi connectivity index (χ0) is 25.5. The second-order valence-corrected chi connectivity index (χ2v) is 11.6. The molecule has 1 N–H and O–H groups in total. The zero-order valence-electron chi connectivity index (χ0n) is 20.0. The summed E-state index contributed by atoms with van der Waals surface area (Å²) in [4.78, 5) is 19.6. The first-order valence-corrected chi connectivity index (χ1v) is 13.3.